The molecule has 5 rings (SSSR count). The van der Waals surface area contributed by atoms with Crippen LogP contribution in [0.1, 0.15) is 12.8 Å². The van der Waals surface area contributed by atoms with Crippen molar-refractivity contribution < 1.29 is 0 Å². The minimum Gasteiger partial charge on any atom is -0.366 e. The molecule has 5 nitrogen and oxygen atoms in total. The Bertz CT molecular complexity index is 896. The topological polar surface area (TPSA) is 36.3 Å². The van der Waals surface area contributed by atoms with Crippen LogP contribution in [0, 0.1) is 5.92 Å². The van der Waals surface area contributed by atoms with Crippen molar-refractivity contribution in [1.29, 1.82) is 0 Å². The number of rotatable bonds is 4. The van der Waals surface area contributed by atoms with Gasteiger partial charge in [-0.05, 0) is 24.0 Å². The molecule has 29 heavy (non-hydrogen) atoms. The van der Waals surface area contributed by atoms with Gasteiger partial charge in [-0.1, -0.05) is 47.7 Å². The highest BCUT2D eigenvalue weighted by molar-refractivity contribution is 7.99. The number of nitrogens with one attached hydrogen (secondary N) is 1. The number of aromatic nitrogens is 2. The minimum atomic E-state index is 0.311. The summed E-state index contributed by atoms with van der Waals surface area (Å²) >= 11 is 1.86. The van der Waals surface area contributed by atoms with E-state index in [0.717, 1.165) is 37.1 Å². The zero-order valence-electron chi connectivity index (χ0n) is 17.0. The second-order valence-corrected chi connectivity index (χ2v) is 9.14. The fraction of sp³-hybridized carbons (Fsp3) is 0.435. The molecule has 0 radical (unpaired) electrons. The highest BCUT2D eigenvalue weighted by Gasteiger charge is 2.34. The molecule has 1 fully saturated rings. The van der Waals surface area contributed by atoms with Gasteiger partial charge in [0.25, 0.3) is 0 Å². The summed E-state index contributed by atoms with van der Waals surface area (Å²) < 4.78 is 2.10. The Morgan fingerprint density at radius 2 is 2.14 bits per heavy atom. The molecule has 4 heterocycles. The molecule has 4 aliphatic rings. The lowest BCUT2D eigenvalue weighted by Gasteiger charge is -2.35. The van der Waals surface area contributed by atoms with Crippen LogP contribution in [-0.4, -0.2) is 57.4 Å². The quantitative estimate of drug-likeness (QED) is 0.612. The molecule has 0 spiro atoms. The van der Waals surface area contributed by atoms with Crippen LogP contribution in [0.4, 0.5) is 0 Å². The number of hydrogen-bond donors (Lipinski definition) is 1. The normalized spacial score (nSPS) is 26.2. The third kappa shape index (κ3) is 3.83. The van der Waals surface area contributed by atoms with Crippen molar-refractivity contribution in [1.82, 2.24) is 24.7 Å². The molecular formula is C23H29N5S. The van der Waals surface area contributed by atoms with E-state index in [1.54, 1.807) is 11.1 Å². The Morgan fingerprint density at radius 3 is 2.97 bits per heavy atom. The van der Waals surface area contributed by atoms with Crippen molar-refractivity contribution in [3.8, 4) is 0 Å². The molecule has 6 heteroatoms. The van der Waals surface area contributed by atoms with Crippen LogP contribution >= 0.6 is 11.8 Å². The van der Waals surface area contributed by atoms with Crippen molar-refractivity contribution in [2.75, 3.05) is 31.9 Å². The number of hydrogen-bond acceptors (Lipinski definition) is 5. The number of piperidine rings is 1. The fourth-order valence-electron chi connectivity index (χ4n) is 4.77. The van der Waals surface area contributed by atoms with Gasteiger partial charge in [0.15, 0.2) is 5.16 Å². The van der Waals surface area contributed by atoms with E-state index in [2.05, 4.69) is 74.5 Å². The number of imidazole rings is 1. The van der Waals surface area contributed by atoms with Crippen LogP contribution < -0.4 is 5.32 Å². The predicted molar refractivity (Wildman–Crippen MR) is 119 cm³/mol. The van der Waals surface area contributed by atoms with E-state index >= 15 is 0 Å². The summed E-state index contributed by atoms with van der Waals surface area (Å²) in [6.07, 6.45) is 22.3. The Kier molecular flexibility index (Phi) is 5.38. The molecule has 1 saturated heterocycles. The molecule has 3 aliphatic heterocycles. The minimum absolute atomic E-state index is 0.311. The molecular weight excluding hydrogens is 378 g/mol. The van der Waals surface area contributed by atoms with Crippen LogP contribution in [0.15, 0.2) is 77.0 Å². The first-order chi connectivity index (χ1) is 14.3. The van der Waals surface area contributed by atoms with Gasteiger partial charge >= 0.3 is 0 Å². The Hall–Kier alpha value is -2.18. The number of allylic oxidation sites excluding steroid dienone is 5. The van der Waals surface area contributed by atoms with Gasteiger partial charge in [-0.3, -0.25) is 0 Å². The molecule has 2 atom stereocenters. The largest absolute Gasteiger partial charge is 0.366 e. The summed E-state index contributed by atoms with van der Waals surface area (Å²) in [5, 5.41) is 4.73. The van der Waals surface area contributed by atoms with Gasteiger partial charge in [0.1, 0.15) is 6.17 Å². The Morgan fingerprint density at radius 1 is 1.24 bits per heavy atom. The SMILES string of the molecule is Cn1ccnc1SCCN1CCC(=C2C3C=CC=CC3=CCN3C=CNC23)CC1. The molecule has 1 aromatic rings. The second kappa shape index (κ2) is 8.28. The number of fused-ring (bicyclic) bond motifs is 2. The third-order valence-electron chi connectivity index (χ3n) is 6.37. The smallest absolute Gasteiger partial charge is 0.167 e. The van der Waals surface area contributed by atoms with Crippen molar-refractivity contribution in [3.63, 3.8) is 0 Å². The second-order valence-electron chi connectivity index (χ2n) is 8.08. The summed E-state index contributed by atoms with van der Waals surface area (Å²) in [6, 6.07) is 0. The van der Waals surface area contributed by atoms with Crippen LogP contribution in [0.3, 0.4) is 0 Å². The summed E-state index contributed by atoms with van der Waals surface area (Å²) in [6.45, 7) is 4.43. The average Bonchev–Trinajstić information content (AvgIpc) is 3.34. The molecule has 2 unspecified atom stereocenters. The maximum Gasteiger partial charge on any atom is 0.167 e. The Labute approximate surface area is 177 Å². The number of aryl methyl sites for hydroxylation is 1. The first kappa shape index (κ1) is 18.8. The number of thioether (sulfide) groups is 1. The molecule has 1 aromatic heterocycles. The third-order valence-corrected chi connectivity index (χ3v) is 7.40. The van der Waals surface area contributed by atoms with Crippen molar-refractivity contribution in [3.05, 3.63) is 71.9 Å². The van der Waals surface area contributed by atoms with Gasteiger partial charge in [-0.25, -0.2) is 4.98 Å². The number of nitrogens with zero attached hydrogens (tertiary/aromatic N) is 4. The van der Waals surface area contributed by atoms with Crippen molar-refractivity contribution in [2.24, 2.45) is 13.0 Å². The van der Waals surface area contributed by atoms with Gasteiger partial charge in [0.05, 0.1) is 0 Å². The van der Waals surface area contributed by atoms with Gasteiger partial charge < -0.3 is 19.7 Å². The zero-order chi connectivity index (χ0) is 19.6. The predicted octanol–water partition coefficient (Wildman–Crippen LogP) is 3.29. The molecule has 0 aromatic carbocycles. The van der Waals surface area contributed by atoms with E-state index in [1.165, 1.54) is 18.4 Å². The lowest BCUT2D eigenvalue weighted by molar-refractivity contribution is 0.265. The van der Waals surface area contributed by atoms with Crippen molar-refractivity contribution in [2.45, 2.75) is 24.2 Å². The van der Waals surface area contributed by atoms with Gasteiger partial charge in [0, 0.05) is 69.7 Å². The molecule has 1 N–H and O–H groups in total. The zero-order valence-corrected chi connectivity index (χ0v) is 17.8. The van der Waals surface area contributed by atoms with Crippen LogP contribution in [-0.2, 0) is 7.05 Å². The molecule has 1 aliphatic carbocycles. The van der Waals surface area contributed by atoms with E-state index < -0.39 is 0 Å². The molecule has 0 bridgehead atoms. The van der Waals surface area contributed by atoms with Crippen LogP contribution in [0.2, 0.25) is 0 Å². The maximum atomic E-state index is 4.41. The van der Waals surface area contributed by atoms with E-state index in [9.17, 15) is 0 Å². The molecule has 152 valence electrons. The van der Waals surface area contributed by atoms with Crippen LogP contribution in [0.25, 0.3) is 0 Å². The summed E-state index contributed by atoms with van der Waals surface area (Å²) in [5.41, 5.74) is 4.69. The lowest BCUT2D eigenvalue weighted by atomic mass is 9.81. The fourth-order valence-corrected chi connectivity index (χ4v) is 5.70. The summed E-state index contributed by atoms with van der Waals surface area (Å²) in [5.74, 6) is 1.52. The van der Waals surface area contributed by atoms with E-state index in [4.69, 9.17) is 0 Å². The molecule has 0 amide bonds. The Balaban J connectivity index is 1.26. The summed E-state index contributed by atoms with van der Waals surface area (Å²) in [4.78, 5) is 9.46. The monoisotopic (exact) mass is 407 g/mol. The summed E-state index contributed by atoms with van der Waals surface area (Å²) in [7, 11) is 2.06. The highest BCUT2D eigenvalue weighted by atomic mass is 32.2. The first-order valence-corrected chi connectivity index (χ1v) is 11.6. The number of likely N-dealkylation sites (tertiary alicyclic amines) is 1. The lowest BCUT2D eigenvalue weighted by Crippen LogP contribution is -2.40. The highest BCUT2D eigenvalue weighted by Crippen LogP contribution is 2.38. The van der Waals surface area contributed by atoms with Crippen LogP contribution in [0.5, 0.6) is 0 Å². The maximum absolute atomic E-state index is 4.41. The van der Waals surface area contributed by atoms with E-state index in [-0.39, 0.29) is 0 Å². The molecule has 0 saturated carbocycles. The van der Waals surface area contributed by atoms with Crippen molar-refractivity contribution >= 4 is 11.8 Å². The van der Waals surface area contributed by atoms with E-state index in [0.29, 0.717) is 12.1 Å². The van der Waals surface area contributed by atoms with Gasteiger partial charge in [0.2, 0.25) is 0 Å². The standard InChI is InChI=1S/C23H29N5S/c1-26-14-9-25-23(26)29-17-16-27-11-6-19(7-12-27)21-20-5-3-2-4-18(20)8-13-28-15-10-24-22(21)28/h2-5,8-10,14-15,20,22,24H,6-7,11-13,16-17H2,1H3. The average molecular weight is 408 g/mol. The van der Waals surface area contributed by atoms with Gasteiger partial charge in [-0.2, -0.15) is 0 Å². The van der Waals surface area contributed by atoms with Gasteiger partial charge in [-0.15, -0.1) is 0 Å². The first-order valence-electron chi connectivity index (χ1n) is 10.6. The van der Waals surface area contributed by atoms with E-state index in [1.807, 2.05) is 24.2 Å².